The number of amides is 2. The van der Waals surface area contributed by atoms with Gasteiger partial charge in [-0.25, -0.2) is 0 Å². The first-order valence-electron chi connectivity index (χ1n) is 7.22. The molecular formula is C16H15NO4. The molecule has 5 heteroatoms. The van der Waals surface area contributed by atoms with Crippen LogP contribution in [0.4, 0.5) is 0 Å². The summed E-state index contributed by atoms with van der Waals surface area (Å²) in [5.74, 6) is -2.13. The van der Waals surface area contributed by atoms with Gasteiger partial charge in [0.15, 0.2) is 0 Å². The second-order valence-corrected chi connectivity index (χ2v) is 5.99. The molecule has 0 aromatic heterocycles. The van der Waals surface area contributed by atoms with E-state index in [1.54, 1.807) is 0 Å². The molecular weight excluding hydrogens is 270 g/mol. The molecule has 1 N–H and O–H groups in total. The van der Waals surface area contributed by atoms with Gasteiger partial charge in [0, 0.05) is 12.3 Å². The van der Waals surface area contributed by atoms with Crippen LogP contribution in [0.15, 0.2) is 24.3 Å². The van der Waals surface area contributed by atoms with E-state index in [-0.39, 0.29) is 36.7 Å². The van der Waals surface area contributed by atoms with Crippen LogP contribution in [0.1, 0.15) is 29.4 Å². The SMILES string of the molecule is O=C1C[C@H]2c3ccccc3[C@@H]1[C@H]1C(=O)N(CCO)C(=O)[C@@H]12. The second-order valence-electron chi connectivity index (χ2n) is 5.99. The van der Waals surface area contributed by atoms with Crippen LogP contribution in [0, 0.1) is 11.8 Å². The topological polar surface area (TPSA) is 74.7 Å². The largest absolute Gasteiger partial charge is 0.395 e. The molecule has 1 aromatic rings. The Morgan fingerprint density at radius 1 is 1.05 bits per heavy atom. The number of hydrogen-bond donors (Lipinski definition) is 1. The van der Waals surface area contributed by atoms with E-state index in [0.29, 0.717) is 6.42 Å². The number of imide groups is 1. The number of rotatable bonds is 2. The van der Waals surface area contributed by atoms with Gasteiger partial charge in [0.05, 0.1) is 30.9 Å². The van der Waals surface area contributed by atoms with Crippen molar-refractivity contribution in [3.63, 3.8) is 0 Å². The van der Waals surface area contributed by atoms with Crippen LogP contribution in [0.2, 0.25) is 0 Å². The van der Waals surface area contributed by atoms with Crippen molar-refractivity contribution in [3.8, 4) is 0 Å². The predicted molar refractivity (Wildman–Crippen MR) is 72.3 cm³/mol. The Labute approximate surface area is 121 Å². The minimum Gasteiger partial charge on any atom is -0.395 e. The number of hydrogen-bond acceptors (Lipinski definition) is 4. The quantitative estimate of drug-likeness (QED) is 0.800. The summed E-state index contributed by atoms with van der Waals surface area (Å²) < 4.78 is 0. The molecule has 3 aliphatic carbocycles. The third-order valence-electron chi connectivity index (χ3n) is 5.10. The fourth-order valence-corrected chi connectivity index (χ4v) is 4.34. The van der Waals surface area contributed by atoms with E-state index in [9.17, 15) is 14.4 Å². The van der Waals surface area contributed by atoms with E-state index in [4.69, 9.17) is 5.11 Å². The van der Waals surface area contributed by atoms with Gasteiger partial charge in [-0.3, -0.25) is 19.3 Å². The molecule has 0 unspecified atom stereocenters. The number of nitrogens with zero attached hydrogens (tertiary/aromatic N) is 1. The lowest BCUT2D eigenvalue weighted by molar-refractivity contribution is -0.141. The van der Waals surface area contributed by atoms with Gasteiger partial charge in [0.1, 0.15) is 5.78 Å². The molecule has 4 aliphatic rings. The Balaban J connectivity index is 1.87. The van der Waals surface area contributed by atoms with E-state index in [0.717, 1.165) is 16.0 Å². The fourth-order valence-electron chi connectivity index (χ4n) is 4.34. The number of β-amino-alcohol motifs (C(OH)–C–C–N with tert-alkyl or cyclic N) is 1. The average Bonchev–Trinajstić information content (AvgIpc) is 2.74. The maximum atomic E-state index is 12.5. The Morgan fingerprint density at radius 2 is 1.71 bits per heavy atom. The minimum absolute atomic E-state index is 0.0225. The van der Waals surface area contributed by atoms with Crippen molar-refractivity contribution in [1.82, 2.24) is 4.90 Å². The molecule has 5 nitrogen and oxygen atoms in total. The van der Waals surface area contributed by atoms with E-state index in [1.807, 2.05) is 24.3 Å². The van der Waals surface area contributed by atoms with Crippen molar-refractivity contribution in [2.45, 2.75) is 18.3 Å². The van der Waals surface area contributed by atoms with Crippen LogP contribution in [0.25, 0.3) is 0 Å². The van der Waals surface area contributed by atoms with Crippen molar-refractivity contribution in [2.24, 2.45) is 11.8 Å². The Hall–Kier alpha value is -2.01. The molecule has 2 bridgehead atoms. The molecule has 1 saturated carbocycles. The number of ketones is 1. The van der Waals surface area contributed by atoms with Gasteiger partial charge in [-0.15, -0.1) is 0 Å². The highest BCUT2D eigenvalue weighted by atomic mass is 16.3. The fraction of sp³-hybridized carbons (Fsp3) is 0.438. The van der Waals surface area contributed by atoms with E-state index >= 15 is 0 Å². The van der Waals surface area contributed by atoms with E-state index in [2.05, 4.69) is 0 Å². The van der Waals surface area contributed by atoms with Crippen LogP contribution in [0.3, 0.4) is 0 Å². The molecule has 0 radical (unpaired) electrons. The smallest absolute Gasteiger partial charge is 0.234 e. The molecule has 5 rings (SSSR count). The summed E-state index contributed by atoms with van der Waals surface area (Å²) in [6.45, 7) is -0.220. The first-order valence-corrected chi connectivity index (χ1v) is 7.22. The highest BCUT2D eigenvalue weighted by Gasteiger charge is 2.62. The molecule has 21 heavy (non-hydrogen) atoms. The summed E-state index contributed by atoms with van der Waals surface area (Å²) in [5, 5.41) is 9.06. The lowest BCUT2D eigenvalue weighted by Gasteiger charge is -2.43. The molecule has 2 amide bonds. The van der Waals surface area contributed by atoms with Gasteiger partial charge >= 0.3 is 0 Å². The molecule has 1 heterocycles. The Bertz CT molecular complexity index is 668. The summed E-state index contributed by atoms with van der Waals surface area (Å²) in [6.07, 6.45) is 0.342. The van der Waals surface area contributed by atoms with Crippen molar-refractivity contribution in [1.29, 1.82) is 0 Å². The summed E-state index contributed by atoms with van der Waals surface area (Å²) in [7, 11) is 0. The van der Waals surface area contributed by atoms with E-state index < -0.39 is 17.8 Å². The number of likely N-dealkylation sites (tertiary alicyclic amines) is 1. The van der Waals surface area contributed by atoms with Gasteiger partial charge in [-0.1, -0.05) is 24.3 Å². The second kappa shape index (κ2) is 4.24. The van der Waals surface area contributed by atoms with Crippen molar-refractivity contribution in [3.05, 3.63) is 35.4 Å². The maximum absolute atomic E-state index is 12.5. The van der Waals surface area contributed by atoms with Crippen LogP contribution >= 0.6 is 0 Å². The van der Waals surface area contributed by atoms with Gasteiger partial charge in [-0.2, -0.15) is 0 Å². The van der Waals surface area contributed by atoms with Crippen LogP contribution in [-0.2, 0) is 14.4 Å². The first-order chi connectivity index (χ1) is 10.1. The molecule has 1 saturated heterocycles. The zero-order valence-electron chi connectivity index (χ0n) is 11.4. The van der Waals surface area contributed by atoms with Crippen LogP contribution in [-0.4, -0.2) is 40.8 Å². The first kappa shape index (κ1) is 12.7. The monoisotopic (exact) mass is 285 g/mol. The molecule has 4 atom stereocenters. The number of carbonyl (C=O) groups is 3. The molecule has 1 aliphatic heterocycles. The Morgan fingerprint density at radius 3 is 2.43 bits per heavy atom. The van der Waals surface area contributed by atoms with Gasteiger partial charge in [-0.05, 0) is 11.1 Å². The van der Waals surface area contributed by atoms with E-state index in [1.165, 1.54) is 0 Å². The number of aliphatic hydroxyl groups excluding tert-OH is 1. The van der Waals surface area contributed by atoms with Crippen molar-refractivity contribution in [2.75, 3.05) is 13.2 Å². The number of fused-ring (bicyclic) bond motifs is 1. The zero-order chi connectivity index (χ0) is 14.7. The summed E-state index contributed by atoms with van der Waals surface area (Å²) in [4.78, 5) is 38.5. The summed E-state index contributed by atoms with van der Waals surface area (Å²) >= 11 is 0. The number of carbonyl (C=O) groups excluding carboxylic acids is 3. The standard InChI is InChI=1S/C16H15NO4/c18-6-5-17-15(20)13-10-7-11(19)12(14(13)16(17)21)9-4-2-1-3-8(9)10/h1-4,10,12-14,18H,5-7H2/t10-,12-,13+,14+/m0/s1. The van der Waals surface area contributed by atoms with Crippen LogP contribution < -0.4 is 0 Å². The molecule has 0 spiro atoms. The highest BCUT2D eigenvalue weighted by Crippen LogP contribution is 2.57. The third-order valence-corrected chi connectivity index (χ3v) is 5.10. The Kier molecular flexibility index (Phi) is 2.57. The van der Waals surface area contributed by atoms with Crippen molar-refractivity contribution < 1.29 is 19.5 Å². The summed E-state index contributed by atoms with van der Waals surface area (Å²) in [6, 6.07) is 7.63. The normalized spacial score (nSPS) is 33.4. The number of benzene rings is 1. The van der Waals surface area contributed by atoms with Crippen molar-refractivity contribution >= 4 is 17.6 Å². The average molecular weight is 285 g/mol. The predicted octanol–water partition coefficient (Wildman–Crippen LogP) is 0.434. The minimum atomic E-state index is -0.565. The molecule has 1 aromatic carbocycles. The summed E-state index contributed by atoms with van der Waals surface area (Å²) in [5.41, 5.74) is 1.95. The van der Waals surface area contributed by atoms with Gasteiger partial charge < -0.3 is 5.11 Å². The lowest BCUT2D eigenvalue weighted by atomic mass is 9.56. The lowest BCUT2D eigenvalue weighted by Crippen LogP contribution is -2.44. The molecule has 108 valence electrons. The third kappa shape index (κ3) is 1.47. The number of Topliss-reactive ketones (excluding diaryl/α,β-unsaturated/α-hetero) is 1. The van der Waals surface area contributed by atoms with Gasteiger partial charge in [0.2, 0.25) is 11.8 Å². The van der Waals surface area contributed by atoms with Gasteiger partial charge in [0.25, 0.3) is 0 Å². The maximum Gasteiger partial charge on any atom is 0.234 e. The van der Waals surface area contributed by atoms with Crippen LogP contribution in [0.5, 0.6) is 0 Å². The highest BCUT2D eigenvalue weighted by molar-refractivity contribution is 6.11. The zero-order valence-corrected chi connectivity index (χ0v) is 11.4. The number of aliphatic hydroxyl groups is 1. The molecule has 2 fully saturated rings.